The third-order valence-corrected chi connectivity index (χ3v) is 4.22. The van der Waals surface area contributed by atoms with Gasteiger partial charge in [0.15, 0.2) is 0 Å². The van der Waals surface area contributed by atoms with Gasteiger partial charge in [0.2, 0.25) is 0 Å². The molecule has 0 aliphatic heterocycles. The lowest BCUT2D eigenvalue weighted by Crippen LogP contribution is -2.14. The number of nitrogens with two attached hydrogens (primary N) is 1. The quantitative estimate of drug-likeness (QED) is 0.856. The van der Waals surface area contributed by atoms with Gasteiger partial charge in [-0.3, -0.25) is 4.72 Å². The summed E-state index contributed by atoms with van der Waals surface area (Å²) in [5.74, 6) is -1.15. The Bertz CT molecular complexity index is 761. The molecule has 2 aromatic carbocycles. The molecule has 0 spiro atoms. The normalized spacial score (nSPS) is 11.3. The number of hydrogen-bond donors (Lipinski definition) is 2. The van der Waals surface area contributed by atoms with Gasteiger partial charge in [-0.25, -0.2) is 17.2 Å². The number of rotatable bonds is 3. The van der Waals surface area contributed by atoms with Crippen molar-refractivity contribution in [2.75, 3.05) is 10.5 Å². The minimum Gasteiger partial charge on any atom is -0.396 e. The van der Waals surface area contributed by atoms with Gasteiger partial charge in [-0.05, 0) is 48.9 Å². The minimum atomic E-state index is -3.89. The highest BCUT2D eigenvalue weighted by Gasteiger charge is 2.17. The second kappa shape index (κ2) is 5.09. The van der Waals surface area contributed by atoms with E-state index in [9.17, 15) is 17.2 Å². The van der Waals surface area contributed by atoms with Crippen molar-refractivity contribution in [3.63, 3.8) is 0 Å². The summed E-state index contributed by atoms with van der Waals surface area (Å²) < 4.78 is 52.6. The number of halogens is 2. The minimum absolute atomic E-state index is 0.0539. The number of benzene rings is 2. The Morgan fingerprint density at radius 1 is 1.10 bits per heavy atom. The zero-order valence-corrected chi connectivity index (χ0v) is 11.3. The van der Waals surface area contributed by atoms with Gasteiger partial charge in [-0.15, -0.1) is 0 Å². The standard InChI is InChI=1S/C13H12F2N2O2S/c1-8-6-9(14)2-5-13(8)20(18,19)17-10-3-4-11(15)12(16)7-10/h2-7,17H,16H2,1H3. The van der Waals surface area contributed by atoms with E-state index in [0.717, 1.165) is 18.2 Å². The summed E-state index contributed by atoms with van der Waals surface area (Å²) in [6.07, 6.45) is 0. The van der Waals surface area contributed by atoms with Gasteiger partial charge in [-0.2, -0.15) is 0 Å². The number of nitrogens with one attached hydrogen (secondary N) is 1. The molecule has 0 amide bonds. The average molecular weight is 298 g/mol. The molecule has 0 unspecified atom stereocenters. The number of anilines is 2. The molecule has 0 bridgehead atoms. The van der Waals surface area contributed by atoms with E-state index in [4.69, 9.17) is 5.73 Å². The molecule has 20 heavy (non-hydrogen) atoms. The van der Waals surface area contributed by atoms with Crippen molar-refractivity contribution in [2.24, 2.45) is 0 Å². The van der Waals surface area contributed by atoms with Crippen LogP contribution >= 0.6 is 0 Å². The van der Waals surface area contributed by atoms with Gasteiger partial charge in [-0.1, -0.05) is 0 Å². The Kier molecular flexibility index (Phi) is 3.63. The summed E-state index contributed by atoms with van der Waals surface area (Å²) in [5.41, 5.74) is 5.61. The topological polar surface area (TPSA) is 72.2 Å². The first-order valence-electron chi connectivity index (χ1n) is 5.63. The second-order valence-corrected chi connectivity index (χ2v) is 5.90. The van der Waals surface area contributed by atoms with Crippen LogP contribution in [0.15, 0.2) is 41.3 Å². The van der Waals surface area contributed by atoms with E-state index in [1.165, 1.54) is 25.1 Å². The largest absolute Gasteiger partial charge is 0.396 e. The van der Waals surface area contributed by atoms with Crippen molar-refractivity contribution < 1.29 is 17.2 Å². The molecule has 0 atom stereocenters. The molecule has 7 heteroatoms. The molecular weight excluding hydrogens is 286 g/mol. The lowest BCUT2D eigenvalue weighted by molar-refractivity contribution is 0.598. The zero-order valence-electron chi connectivity index (χ0n) is 10.5. The summed E-state index contributed by atoms with van der Waals surface area (Å²) >= 11 is 0. The smallest absolute Gasteiger partial charge is 0.262 e. The van der Waals surface area contributed by atoms with Crippen molar-refractivity contribution in [3.05, 3.63) is 53.6 Å². The van der Waals surface area contributed by atoms with Gasteiger partial charge in [0.1, 0.15) is 11.6 Å². The molecule has 3 N–H and O–H groups in total. The molecule has 4 nitrogen and oxygen atoms in total. The predicted octanol–water partition coefficient (Wildman–Crippen LogP) is 2.66. The fourth-order valence-electron chi connectivity index (χ4n) is 1.73. The lowest BCUT2D eigenvalue weighted by atomic mass is 10.2. The molecule has 0 aromatic heterocycles. The van der Waals surface area contributed by atoms with Gasteiger partial charge in [0.25, 0.3) is 10.0 Å². The summed E-state index contributed by atoms with van der Waals surface area (Å²) in [5, 5.41) is 0. The first kappa shape index (κ1) is 14.3. The number of nitrogen functional groups attached to an aromatic ring is 1. The molecule has 0 saturated heterocycles. The van der Waals surface area contributed by atoms with Crippen LogP contribution in [0.25, 0.3) is 0 Å². The highest BCUT2D eigenvalue weighted by atomic mass is 32.2. The first-order chi connectivity index (χ1) is 9.29. The van der Waals surface area contributed by atoms with E-state index in [-0.39, 0.29) is 21.8 Å². The van der Waals surface area contributed by atoms with E-state index in [1.54, 1.807) is 0 Å². The Morgan fingerprint density at radius 2 is 1.80 bits per heavy atom. The van der Waals surface area contributed by atoms with Crippen molar-refractivity contribution in [1.29, 1.82) is 0 Å². The Hall–Kier alpha value is -2.15. The van der Waals surface area contributed by atoms with Gasteiger partial charge < -0.3 is 5.73 Å². The van der Waals surface area contributed by atoms with Crippen LogP contribution in [0.3, 0.4) is 0 Å². The van der Waals surface area contributed by atoms with Crippen LogP contribution in [-0.4, -0.2) is 8.42 Å². The molecule has 0 aliphatic carbocycles. The maximum atomic E-state index is 13.0. The van der Waals surface area contributed by atoms with Gasteiger partial charge in [0.05, 0.1) is 16.3 Å². The zero-order chi connectivity index (χ0) is 14.9. The maximum Gasteiger partial charge on any atom is 0.262 e. The molecule has 0 saturated carbocycles. The number of aryl methyl sites for hydroxylation is 1. The lowest BCUT2D eigenvalue weighted by Gasteiger charge is -2.11. The van der Waals surface area contributed by atoms with Crippen LogP contribution in [0.1, 0.15) is 5.56 Å². The molecule has 0 heterocycles. The van der Waals surface area contributed by atoms with Crippen LogP contribution in [0, 0.1) is 18.6 Å². The van der Waals surface area contributed by atoms with Gasteiger partial charge >= 0.3 is 0 Å². The summed E-state index contributed by atoms with van der Waals surface area (Å²) in [7, 11) is -3.89. The maximum absolute atomic E-state index is 13.0. The molecular formula is C13H12F2N2O2S. The van der Waals surface area contributed by atoms with Crippen LogP contribution in [0.5, 0.6) is 0 Å². The van der Waals surface area contributed by atoms with Crippen LogP contribution < -0.4 is 10.5 Å². The predicted molar refractivity (Wildman–Crippen MR) is 72.8 cm³/mol. The molecule has 0 fully saturated rings. The molecule has 2 aromatic rings. The van der Waals surface area contributed by atoms with Crippen molar-refractivity contribution >= 4 is 21.4 Å². The van der Waals surface area contributed by atoms with Crippen LogP contribution in [0.4, 0.5) is 20.2 Å². The summed E-state index contributed by atoms with van der Waals surface area (Å²) in [4.78, 5) is -0.0539. The number of hydrogen-bond acceptors (Lipinski definition) is 3. The molecule has 0 radical (unpaired) electrons. The highest BCUT2D eigenvalue weighted by Crippen LogP contribution is 2.22. The van der Waals surface area contributed by atoms with E-state index in [0.29, 0.717) is 0 Å². The molecule has 106 valence electrons. The fourth-order valence-corrected chi connectivity index (χ4v) is 3.01. The Balaban J connectivity index is 2.38. The third-order valence-electron chi connectivity index (χ3n) is 2.67. The van der Waals surface area contributed by atoms with E-state index in [2.05, 4.69) is 4.72 Å². The Morgan fingerprint density at radius 3 is 2.40 bits per heavy atom. The molecule has 2 rings (SSSR count). The first-order valence-corrected chi connectivity index (χ1v) is 7.12. The van der Waals surface area contributed by atoms with Gasteiger partial charge in [0, 0.05) is 0 Å². The van der Waals surface area contributed by atoms with Crippen LogP contribution in [0.2, 0.25) is 0 Å². The van der Waals surface area contributed by atoms with Crippen molar-refractivity contribution in [1.82, 2.24) is 0 Å². The fraction of sp³-hybridized carbons (Fsp3) is 0.0769. The summed E-state index contributed by atoms with van der Waals surface area (Å²) in [6.45, 7) is 1.48. The van der Waals surface area contributed by atoms with Crippen molar-refractivity contribution in [2.45, 2.75) is 11.8 Å². The SMILES string of the molecule is Cc1cc(F)ccc1S(=O)(=O)Nc1ccc(F)c(N)c1. The average Bonchev–Trinajstić information content (AvgIpc) is 2.33. The van der Waals surface area contributed by atoms with Crippen LogP contribution in [-0.2, 0) is 10.0 Å². The molecule has 0 aliphatic rings. The number of sulfonamides is 1. The van der Waals surface area contributed by atoms with E-state index < -0.39 is 21.7 Å². The van der Waals surface area contributed by atoms with Crippen molar-refractivity contribution in [3.8, 4) is 0 Å². The monoisotopic (exact) mass is 298 g/mol. The Labute approximate surface area is 115 Å². The van der Waals surface area contributed by atoms with E-state index in [1.807, 2.05) is 0 Å². The summed E-state index contributed by atoms with van der Waals surface area (Å²) in [6, 6.07) is 6.83. The van der Waals surface area contributed by atoms with E-state index >= 15 is 0 Å². The third kappa shape index (κ3) is 2.88. The highest BCUT2D eigenvalue weighted by molar-refractivity contribution is 7.92. The second-order valence-electron chi connectivity index (χ2n) is 4.25.